The minimum Gasteiger partial charge on any atom is -0.345 e. The molecule has 0 aliphatic rings. The SMILES string of the molecule is CN(CCc1ccccc1)C(=O)Cc1nc(CCl)cs1. The first-order valence-corrected chi connectivity index (χ1v) is 7.87. The number of hydrogen-bond donors (Lipinski definition) is 0. The van der Waals surface area contributed by atoms with Gasteiger partial charge in [0, 0.05) is 19.0 Å². The lowest BCUT2D eigenvalue weighted by atomic mass is 10.1. The van der Waals surface area contributed by atoms with Crippen LogP contribution in [-0.4, -0.2) is 29.4 Å². The summed E-state index contributed by atoms with van der Waals surface area (Å²) in [4.78, 5) is 18.2. The number of rotatable bonds is 6. The lowest BCUT2D eigenvalue weighted by Gasteiger charge is -2.16. The Morgan fingerprint density at radius 2 is 2.10 bits per heavy atom. The molecule has 0 bridgehead atoms. The average molecular weight is 309 g/mol. The van der Waals surface area contributed by atoms with Crippen LogP contribution >= 0.6 is 22.9 Å². The normalized spacial score (nSPS) is 10.5. The number of thiazole rings is 1. The van der Waals surface area contributed by atoms with Gasteiger partial charge in [-0.3, -0.25) is 4.79 Å². The summed E-state index contributed by atoms with van der Waals surface area (Å²) in [5.74, 6) is 0.491. The molecular formula is C15H17ClN2OS. The fourth-order valence-corrected chi connectivity index (χ4v) is 2.84. The van der Waals surface area contributed by atoms with Crippen LogP contribution in [0.25, 0.3) is 0 Å². The Balaban J connectivity index is 1.82. The van der Waals surface area contributed by atoms with Gasteiger partial charge in [-0.1, -0.05) is 30.3 Å². The smallest absolute Gasteiger partial charge is 0.229 e. The van der Waals surface area contributed by atoms with Gasteiger partial charge in [-0.25, -0.2) is 4.98 Å². The third kappa shape index (κ3) is 4.32. The maximum Gasteiger partial charge on any atom is 0.229 e. The molecule has 2 rings (SSSR count). The fourth-order valence-electron chi connectivity index (χ4n) is 1.82. The summed E-state index contributed by atoms with van der Waals surface area (Å²) in [6.07, 6.45) is 1.22. The van der Waals surface area contributed by atoms with E-state index >= 15 is 0 Å². The van der Waals surface area contributed by atoms with Crippen molar-refractivity contribution in [3.05, 3.63) is 52.0 Å². The van der Waals surface area contributed by atoms with Gasteiger partial charge in [-0.2, -0.15) is 0 Å². The Morgan fingerprint density at radius 1 is 1.35 bits per heavy atom. The summed E-state index contributed by atoms with van der Waals surface area (Å²) >= 11 is 7.20. The third-order valence-corrected chi connectivity index (χ3v) is 4.21. The van der Waals surface area contributed by atoms with E-state index in [4.69, 9.17) is 11.6 Å². The van der Waals surface area contributed by atoms with E-state index in [0.717, 1.165) is 23.7 Å². The number of halogens is 1. The Kier molecular flexibility index (Phi) is 5.56. The third-order valence-electron chi connectivity index (χ3n) is 3.04. The van der Waals surface area contributed by atoms with Crippen molar-refractivity contribution >= 4 is 28.8 Å². The molecule has 0 spiro atoms. The van der Waals surface area contributed by atoms with Crippen molar-refractivity contribution in [3.8, 4) is 0 Å². The maximum absolute atomic E-state index is 12.1. The first kappa shape index (κ1) is 15.0. The average Bonchev–Trinajstić information content (AvgIpc) is 2.93. The molecule has 106 valence electrons. The van der Waals surface area contributed by atoms with Crippen molar-refractivity contribution in [2.45, 2.75) is 18.7 Å². The van der Waals surface area contributed by atoms with Crippen LogP contribution in [0.4, 0.5) is 0 Å². The van der Waals surface area contributed by atoms with E-state index in [1.807, 2.05) is 30.6 Å². The molecule has 0 aliphatic heterocycles. The Hall–Kier alpha value is -1.39. The molecule has 20 heavy (non-hydrogen) atoms. The second kappa shape index (κ2) is 7.41. The molecule has 0 aliphatic carbocycles. The number of hydrogen-bond acceptors (Lipinski definition) is 3. The number of amides is 1. The highest BCUT2D eigenvalue weighted by atomic mass is 35.5. The number of aromatic nitrogens is 1. The zero-order valence-corrected chi connectivity index (χ0v) is 13.0. The van der Waals surface area contributed by atoms with Crippen LogP contribution in [0.2, 0.25) is 0 Å². The number of likely N-dealkylation sites (N-methyl/N-ethyl adjacent to an activating group) is 1. The molecule has 0 radical (unpaired) electrons. The second-order valence-electron chi connectivity index (χ2n) is 4.59. The highest BCUT2D eigenvalue weighted by Gasteiger charge is 2.12. The summed E-state index contributed by atoms with van der Waals surface area (Å²) in [5, 5.41) is 2.73. The highest BCUT2D eigenvalue weighted by Crippen LogP contribution is 2.13. The standard InChI is InChI=1S/C15H17ClN2OS/c1-18(8-7-12-5-3-2-4-6-12)15(19)9-14-17-13(10-16)11-20-14/h2-6,11H,7-10H2,1H3. The van der Waals surface area contributed by atoms with Gasteiger partial charge in [0.25, 0.3) is 0 Å². The van der Waals surface area contributed by atoms with E-state index in [0.29, 0.717) is 12.3 Å². The van der Waals surface area contributed by atoms with Crippen molar-refractivity contribution in [2.75, 3.05) is 13.6 Å². The molecule has 1 heterocycles. The lowest BCUT2D eigenvalue weighted by Crippen LogP contribution is -2.30. The monoisotopic (exact) mass is 308 g/mol. The zero-order chi connectivity index (χ0) is 14.4. The van der Waals surface area contributed by atoms with Gasteiger partial charge in [0.1, 0.15) is 5.01 Å². The minimum absolute atomic E-state index is 0.0939. The molecule has 2 aromatic rings. The van der Waals surface area contributed by atoms with Crippen LogP contribution in [0, 0.1) is 0 Å². The van der Waals surface area contributed by atoms with Gasteiger partial charge in [0.2, 0.25) is 5.91 Å². The lowest BCUT2D eigenvalue weighted by molar-refractivity contribution is -0.129. The summed E-state index contributed by atoms with van der Waals surface area (Å²) in [7, 11) is 1.83. The van der Waals surface area contributed by atoms with Gasteiger partial charge < -0.3 is 4.90 Å². The van der Waals surface area contributed by atoms with E-state index in [1.54, 1.807) is 4.90 Å². The van der Waals surface area contributed by atoms with Crippen LogP contribution in [0.15, 0.2) is 35.7 Å². The first-order valence-electron chi connectivity index (χ1n) is 6.46. The van der Waals surface area contributed by atoms with Crippen LogP contribution in [-0.2, 0) is 23.5 Å². The molecule has 0 saturated carbocycles. The molecule has 5 heteroatoms. The molecule has 1 amide bonds. The van der Waals surface area contributed by atoms with Crippen molar-refractivity contribution in [3.63, 3.8) is 0 Å². The minimum atomic E-state index is 0.0939. The van der Waals surface area contributed by atoms with E-state index in [-0.39, 0.29) is 5.91 Å². The highest BCUT2D eigenvalue weighted by molar-refractivity contribution is 7.09. The van der Waals surface area contributed by atoms with Crippen molar-refractivity contribution < 1.29 is 4.79 Å². The number of carbonyl (C=O) groups is 1. The van der Waals surface area contributed by atoms with E-state index in [2.05, 4.69) is 17.1 Å². The van der Waals surface area contributed by atoms with E-state index < -0.39 is 0 Å². The Morgan fingerprint density at radius 3 is 2.75 bits per heavy atom. The number of alkyl halides is 1. The summed E-state index contributed by atoms with van der Waals surface area (Å²) in [6.45, 7) is 0.719. The summed E-state index contributed by atoms with van der Waals surface area (Å²) in [6, 6.07) is 10.2. The van der Waals surface area contributed by atoms with E-state index in [1.165, 1.54) is 16.9 Å². The molecule has 0 atom stereocenters. The van der Waals surface area contributed by atoms with Crippen molar-refractivity contribution in [1.29, 1.82) is 0 Å². The predicted octanol–water partition coefficient (Wildman–Crippen LogP) is 3.13. The topological polar surface area (TPSA) is 33.2 Å². The van der Waals surface area contributed by atoms with Gasteiger partial charge in [0.05, 0.1) is 18.0 Å². The molecule has 3 nitrogen and oxygen atoms in total. The Bertz CT molecular complexity index is 556. The molecule has 0 N–H and O–H groups in total. The number of benzene rings is 1. The fraction of sp³-hybridized carbons (Fsp3) is 0.333. The predicted molar refractivity (Wildman–Crippen MR) is 83.2 cm³/mol. The van der Waals surface area contributed by atoms with Crippen LogP contribution in [0.3, 0.4) is 0 Å². The van der Waals surface area contributed by atoms with Gasteiger partial charge in [-0.15, -0.1) is 22.9 Å². The van der Waals surface area contributed by atoms with Crippen molar-refractivity contribution in [2.24, 2.45) is 0 Å². The molecule has 1 aromatic carbocycles. The van der Waals surface area contributed by atoms with Gasteiger partial charge in [0.15, 0.2) is 0 Å². The molecule has 0 fully saturated rings. The first-order chi connectivity index (χ1) is 9.69. The number of carbonyl (C=O) groups excluding carboxylic acids is 1. The molecular weight excluding hydrogens is 292 g/mol. The van der Waals surface area contributed by atoms with E-state index in [9.17, 15) is 4.79 Å². The van der Waals surface area contributed by atoms with Gasteiger partial charge >= 0.3 is 0 Å². The second-order valence-corrected chi connectivity index (χ2v) is 5.80. The molecule has 1 aromatic heterocycles. The van der Waals surface area contributed by atoms with Crippen LogP contribution in [0.5, 0.6) is 0 Å². The molecule has 0 saturated heterocycles. The quantitative estimate of drug-likeness (QED) is 0.768. The van der Waals surface area contributed by atoms with Crippen LogP contribution < -0.4 is 0 Å². The number of nitrogens with zero attached hydrogens (tertiary/aromatic N) is 2. The zero-order valence-electron chi connectivity index (χ0n) is 11.4. The summed E-state index contributed by atoms with van der Waals surface area (Å²) in [5.41, 5.74) is 2.08. The van der Waals surface area contributed by atoms with Crippen LogP contribution in [0.1, 0.15) is 16.3 Å². The van der Waals surface area contributed by atoms with Crippen molar-refractivity contribution in [1.82, 2.24) is 9.88 Å². The van der Waals surface area contributed by atoms with Gasteiger partial charge in [-0.05, 0) is 12.0 Å². The summed E-state index contributed by atoms with van der Waals surface area (Å²) < 4.78 is 0. The largest absolute Gasteiger partial charge is 0.345 e. The molecule has 0 unspecified atom stereocenters. The Labute approximate surface area is 128 Å². The maximum atomic E-state index is 12.1.